The first kappa shape index (κ1) is 9.87. The second-order valence-electron chi connectivity index (χ2n) is 8.24. The Balaban J connectivity index is 1.60. The van der Waals surface area contributed by atoms with Gasteiger partial charge in [-0.3, -0.25) is 0 Å². The molecule has 5 aliphatic rings. The van der Waals surface area contributed by atoms with E-state index in [4.69, 9.17) is 0 Å². The molecule has 5 saturated carbocycles. The van der Waals surface area contributed by atoms with Gasteiger partial charge < -0.3 is 0 Å². The summed E-state index contributed by atoms with van der Waals surface area (Å²) in [6, 6.07) is 0. The Morgan fingerprint density at radius 1 is 1.00 bits per heavy atom. The molecule has 0 nitrogen and oxygen atoms in total. The van der Waals surface area contributed by atoms with Crippen LogP contribution in [0.3, 0.4) is 0 Å². The van der Waals surface area contributed by atoms with E-state index in [1.54, 1.807) is 57.8 Å². The maximum Gasteiger partial charge on any atom is -0.0204 e. The zero-order chi connectivity index (χ0) is 11.3. The van der Waals surface area contributed by atoms with Gasteiger partial charge in [0.25, 0.3) is 0 Å². The van der Waals surface area contributed by atoms with Gasteiger partial charge in [0, 0.05) is 0 Å². The van der Waals surface area contributed by atoms with Crippen molar-refractivity contribution in [1.29, 1.82) is 0 Å². The molecule has 0 heteroatoms. The van der Waals surface area contributed by atoms with Crippen molar-refractivity contribution < 1.29 is 0 Å². The summed E-state index contributed by atoms with van der Waals surface area (Å²) in [5, 5.41) is 0. The second kappa shape index (κ2) is 2.63. The fourth-order valence-corrected chi connectivity index (χ4v) is 7.72. The van der Waals surface area contributed by atoms with Gasteiger partial charge in [-0.25, -0.2) is 0 Å². The van der Waals surface area contributed by atoms with Crippen LogP contribution in [-0.4, -0.2) is 0 Å². The van der Waals surface area contributed by atoms with Crippen LogP contribution in [0.5, 0.6) is 0 Å². The molecule has 5 rings (SSSR count). The van der Waals surface area contributed by atoms with Crippen LogP contribution in [0.1, 0.15) is 71.1 Å². The van der Waals surface area contributed by atoms with Crippen LogP contribution in [-0.2, 0) is 0 Å². The van der Waals surface area contributed by atoms with Crippen LogP contribution >= 0.6 is 0 Å². The van der Waals surface area contributed by atoms with Gasteiger partial charge in [0.05, 0.1) is 0 Å². The molecule has 17 heavy (non-hydrogen) atoms. The van der Waals surface area contributed by atoms with Crippen LogP contribution in [0, 0.1) is 34.0 Å². The highest BCUT2D eigenvalue weighted by Crippen LogP contribution is 2.88. The molecule has 0 radical (unpaired) electrons. The lowest BCUT2D eigenvalue weighted by molar-refractivity contribution is -0.188. The molecule has 0 N–H and O–H groups in total. The summed E-state index contributed by atoms with van der Waals surface area (Å²) in [6.07, 6.45) is 16.1. The standard InChI is InChI=1S/C17H26/c1-2-12-5-9-17(12)11-15-8-4-13(15)10-14(15)16(17)6-3-7-16/h12-14H,2-11H2,1H3. The molecule has 0 heterocycles. The molecule has 5 atom stereocenters. The molecule has 3 spiro atoms. The van der Waals surface area contributed by atoms with E-state index < -0.39 is 0 Å². The minimum atomic E-state index is 0.875. The van der Waals surface area contributed by atoms with Crippen LogP contribution < -0.4 is 0 Å². The minimum absolute atomic E-state index is 0.875. The molecule has 5 fully saturated rings. The van der Waals surface area contributed by atoms with E-state index in [0.29, 0.717) is 0 Å². The molecule has 0 amide bonds. The fourth-order valence-electron chi connectivity index (χ4n) is 7.72. The third kappa shape index (κ3) is 0.742. The highest BCUT2D eigenvalue weighted by Gasteiger charge is 2.80. The summed E-state index contributed by atoms with van der Waals surface area (Å²) < 4.78 is 0. The van der Waals surface area contributed by atoms with Crippen molar-refractivity contribution in [2.75, 3.05) is 0 Å². The molecule has 0 aliphatic heterocycles. The van der Waals surface area contributed by atoms with Crippen molar-refractivity contribution in [2.24, 2.45) is 34.0 Å². The Labute approximate surface area is 106 Å². The van der Waals surface area contributed by atoms with Gasteiger partial charge in [-0.15, -0.1) is 0 Å². The lowest BCUT2D eigenvalue weighted by Gasteiger charge is -2.68. The normalized spacial score (nSPS) is 60.9. The first-order valence-electron chi connectivity index (χ1n) is 8.27. The Bertz CT molecular complexity index is 377. The van der Waals surface area contributed by atoms with Crippen molar-refractivity contribution in [1.82, 2.24) is 0 Å². The molecule has 0 bridgehead atoms. The quantitative estimate of drug-likeness (QED) is 0.608. The minimum Gasteiger partial charge on any atom is -0.0651 e. The van der Waals surface area contributed by atoms with E-state index >= 15 is 0 Å². The average molecular weight is 230 g/mol. The van der Waals surface area contributed by atoms with Crippen LogP contribution in [0.15, 0.2) is 0 Å². The number of hydrogen-bond donors (Lipinski definition) is 0. The van der Waals surface area contributed by atoms with E-state index in [2.05, 4.69) is 6.92 Å². The monoisotopic (exact) mass is 230 g/mol. The van der Waals surface area contributed by atoms with E-state index in [1.807, 2.05) is 0 Å². The van der Waals surface area contributed by atoms with Crippen molar-refractivity contribution in [3.8, 4) is 0 Å². The Morgan fingerprint density at radius 3 is 2.29 bits per heavy atom. The van der Waals surface area contributed by atoms with Crippen LogP contribution in [0.25, 0.3) is 0 Å². The van der Waals surface area contributed by atoms with E-state index in [9.17, 15) is 0 Å². The van der Waals surface area contributed by atoms with Crippen molar-refractivity contribution in [3.63, 3.8) is 0 Å². The summed E-state index contributed by atoms with van der Waals surface area (Å²) in [7, 11) is 0. The van der Waals surface area contributed by atoms with Gasteiger partial charge in [0.1, 0.15) is 0 Å². The van der Waals surface area contributed by atoms with Gasteiger partial charge in [-0.05, 0) is 85.4 Å². The Hall–Kier alpha value is 0. The van der Waals surface area contributed by atoms with Gasteiger partial charge in [-0.1, -0.05) is 19.8 Å². The first-order chi connectivity index (χ1) is 8.27. The SMILES string of the molecule is CCC1CCC12CC13CCC1CC3C21CCC1. The van der Waals surface area contributed by atoms with Crippen molar-refractivity contribution >= 4 is 0 Å². The summed E-state index contributed by atoms with van der Waals surface area (Å²) >= 11 is 0. The summed E-state index contributed by atoms with van der Waals surface area (Å²) in [4.78, 5) is 0. The average Bonchev–Trinajstić information content (AvgIpc) is 2.52. The fraction of sp³-hybridized carbons (Fsp3) is 1.00. The molecule has 0 saturated heterocycles. The van der Waals surface area contributed by atoms with Crippen LogP contribution in [0.4, 0.5) is 0 Å². The largest absolute Gasteiger partial charge is 0.0651 e. The second-order valence-corrected chi connectivity index (χ2v) is 8.24. The molecule has 5 aliphatic carbocycles. The third-order valence-electron chi connectivity index (χ3n) is 8.75. The topological polar surface area (TPSA) is 0 Å². The zero-order valence-electron chi connectivity index (χ0n) is 11.3. The van der Waals surface area contributed by atoms with Gasteiger partial charge in [0.2, 0.25) is 0 Å². The summed E-state index contributed by atoms with van der Waals surface area (Å²) in [5.41, 5.74) is 2.69. The van der Waals surface area contributed by atoms with Crippen LogP contribution in [0.2, 0.25) is 0 Å². The van der Waals surface area contributed by atoms with E-state index in [-0.39, 0.29) is 0 Å². The van der Waals surface area contributed by atoms with E-state index in [1.165, 1.54) is 18.3 Å². The van der Waals surface area contributed by atoms with Gasteiger partial charge >= 0.3 is 0 Å². The maximum atomic E-state index is 2.47. The first-order valence-corrected chi connectivity index (χ1v) is 8.27. The zero-order valence-corrected chi connectivity index (χ0v) is 11.3. The molecule has 94 valence electrons. The summed E-state index contributed by atoms with van der Waals surface area (Å²) in [5.74, 6) is 3.53. The smallest absolute Gasteiger partial charge is 0.0204 e. The van der Waals surface area contributed by atoms with E-state index in [0.717, 1.165) is 22.2 Å². The molecular weight excluding hydrogens is 204 g/mol. The molecule has 0 aromatic carbocycles. The van der Waals surface area contributed by atoms with Gasteiger partial charge in [0.15, 0.2) is 0 Å². The summed E-state index contributed by atoms with van der Waals surface area (Å²) in [6.45, 7) is 2.47. The lowest BCUT2D eigenvalue weighted by atomic mass is 9.37. The molecule has 0 aromatic heterocycles. The number of rotatable bonds is 1. The predicted molar refractivity (Wildman–Crippen MR) is 69.6 cm³/mol. The number of fused-ring (bicyclic) bond motifs is 2. The maximum absolute atomic E-state index is 2.47. The third-order valence-corrected chi connectivity index (χ3v) is 8.75. The van der Waals surface area contributed by atoms with Gasteiger partial charge in [-0.2, -0.15) is 0 Å². The highest BCUT2D eigenvalue weighted by atomic mass is 14.8. The highest BCUT2D eigenvalue weighted by molar-refractivity contribution is 5.29. The van der Waals surface area contributed by atoms with Crippen molar-refractivity contribution in [3.05, 3.63) is 0 Å². The molecule has 5 unspecified atom stereocenters. The lowest BCUT2D eigenvalue weighted by Crippen LogP contribution is -2.60. The van der Waals surface area contributed by atoms with Crippen molar-refractivity contribution in [2.45, 2.75) is 71.1 Å². The molecule has 0 aromatic rings. The molecular formula is C17H26. The Kier molecular flexibility index (Phi) is 1.53. The number of hydrogen-bond acceptors (Lipinski definition) is 0. The predicted octanol–water partition coefficient (Wildman–Crippen LogP) is 4.78. The Morgan fingerprint density at radius 2 is 1.88 bits per heavy atom.